The number of hydrogen-bond acceptors (Lipinski definition) is 2. The average molecular weight is 301 g/mol. The van der Waals surface area contributed by atoms with Crippen molar-refractivity contribution < 1.29 is 14.2 Å². The molecule has 0 aliphatic carbocycles. The van der Waals surface area contributed by atoms with Gasteiger partial charge in [0.2, 0.25) is 0 Å². The van der Waals surface area contributed by atoms with Gasteiger partial charge in [-0.25, -0.2) is 4.39 Å². The normalized spacial score (nSPS) is 10.5. The molecule has 1 N–H and O–H groups in total. The van der Waals surface area contributed by atoms with Gasteiger partial charge in [0.25, 0.3) is 0 Å². The summed E-state index contributed by atoms with van der Waals surface area (Å²) in [5, 5.41) is 10.2. The molecular formula is C14H11Cl2FO2. The molecule has 0 aromatic heterocycles. The van der Waals surface area contributed by atoms with Crippen LogP contribution in [0.15, 0.2) is 36.4 Å². The fourth-order valence-corrected chi connectivity index (χ4v) is 2.01. The van der Waals surface area contributed by atoms with Crippen LogP contribution in [0.1, 0.15) is 11.1 Å². The molecule has 0 radical (unpaired) electrons. The fourth-order valence-electron chi connectivity index (χ4n) is 1.62. The number of aliphatic hydroxyl groups excluding tert-OH is 1. The Morgan fingerprint density at radius 1 is 1.00 bits per heavy atom. The molecule has 0 atom stereocenters. The molecule has 0 amide bonds. The largest absolute Gasteiger partial charge is 0.488 e. The predicted molar refractivity (Wildman–Crippen MR) is 73.1 cm³/mol. The van der Waals surface area contributed by atoms with E-state index in [1.807, 2.05) is 0 Å². The Morgan fingerprint density at radius 2 is 1.63 bits per heavy atom. The number of rotatable bonds is 4. The zero-order chi connectivity index (χ0) is 13.8. The first-order valence-electron chi connectivity index (χ1n) is 5.56. The molecular weight excluding hydrogens is 290 g/mol. The molecule has 0 spiro atoms. The second-order valence-electron chi connectivity index (χ2n) is 3.93. The van der Waals surface area contributed by atoms with Gasteiger partial charge in [-0.15, -0.1) is 0 Å². The van der Waals surface area contributed by atoms with Gasteiger partial charge in [-0.05, 0) is 36.4 Å². The minimum Gasteiger partial charge on any atom is -0.488 e. The molecule has 0 unspecified atom stereocenters. The lowest BCUT2D eigenvalue weighted by atomic mass is 10.2. The molecule has 2 nitrogen and oxygen atoms in total. The number of benzene rings is 2. The van der Waals surface area contributed by atoms with Crippen molar-refractivity contribution in [1.82, 2.24) is 0 Å². The molecule has 100 valence electrons. The molecule has 0 saturated carbocycles. The Kier molecular flexibility index (Phi) is 4.64. The molecule has 0 heterocycles. The number of hydrogen-bond donors (Lipinski definition) is 1. The van der Waals surface area contributed by atoms with E-state index in [-0.39, 0.29) is 19.0 Å². The highest BCUT2D eigenvalue weighted by molar-refractivity contribution is 6.30. The summed E-state index contributed by atoms with van der Waals surface area (Å²) in [7, 11) is 0. The number of halogens is 3. The predicted octanol–water partition coefficient (Wildman–Crippen LogP) is 4.20. The van der Waals surface area contributed by atoms with Crippen molar-refractivity contribution in [1.29, 1.82) is 0 Å². The van der Waals surface area contributed by atoms with Crippen LogP contribution in [0.2, 0.25) is 10.0 Å². The van der Waals surface area contributed by atoms with E-state index >= 15 is 0 Å². The molecule has 0 saturated heterocycles. The Balaban J connectivity index is 2.16. The van der Waals surface area contributed by atoms with Crippen molar-refractivity contribution in [2.45, 2.75) is 13.2 Å². The Morgan fingerprint density at radius 3 is 2.32 bits per heavy atom. The van der Waals surface area contributed by atoms with Gasteiger partial charge in [-0.2, -0.15) is 0 Å². The molecule has 0 aliphatic heterocycles. The van der Waals surface area contributed by atoms with Crippen molar-refractivity contribution in [3.63, 3.8) is 0 Å². The maximum atomic E-state index is 13.5. The van der Waals surface area contributed by atoms with Gasteiger partial charge in [-0.3, -0.25) is 0 Å². The second-order valence-corrected chi connectivity index (χ2v) is 4.81. The van der Waals surface area contributed by atoms with Crippen molar-refractivity contribution >= 4 is 23.2 Å². The van der Waals surface area contributed by atoms with Crippen molar-refractivity contribution in [3.8, 4) is 5.75 Å². The minimum atomic E-state index is -0.385. The standard InChI is InChI=1S/C14H11Cl2FO2/c15-11-1-3-13(17)10(6-11)8-19-14-4-2-12(16)5-9(14)7-18/h1-6,18H,7-8H2. The summed E-state index contributed by atoms with van der Waals surface area (Å²) in [6.07, 6.45) is 0. The smallest absolute Gasteiger partial charge is 0.129 e. The molecule has 5 heteroatoms. The van der Waals surface area contributed by atoms with E-state index in [9.17, 15) is 9.50 Å². The van der Waals surface area contributed by atoms with Crippen LogP contribution in [0.25, 0.3) is 0 Å². The molecule has 0 fully saturated rings. The fraction of sp³-hybridized carbons (Fsp3) is 0.143. The van der Waals surface area contributed by atoms with Gasteiger partial charge >= 0.3 is 0 Å². The molecule has 2 aromatic carbocycles. The van der Waals surface area contributed by atoms with Crippen molar-refractivity contribution in [3.05, 3.63) is 63.4 Å². The monoisotopic (exact) mass is 300 g/mol. The maximum absolute atomic E-state index is 13.5. The van der Waals surface area contributed by atoms with Crippen LogP contribution in [-0.4, -0.2) is 5.11 Å². The molecule has 0 aliphatic rings. The van der Waals surface area contributed by atoms with Gasteiger partial charge < -0.3 is 9.84 Å². The zero-order valence-electron chi connectivity index (χ0n) is 9.87. The van der Waals surface area contributed by atoms with Crippen LogP contribution in [0, 0.1) is 5.82 Å². The Labute approximate surface area is 120 Å². The van der Waals surface area contributed by atoms with Gasteiger partial charge in [-0.1, -0.05) is 23.2 Å². The van der Waals surface area contributed by atoms with Gasteiger partial charge in [0, 0.05) is 21.2 Å². The lowest BCUT2D eigenvalue weighted by Crippen LogP contribution is -2.01. The first-order valence-corrected chi connectivity index (χ1v) is 6.32. The van der Waals surface area contributed by atoms with E-state index in [0.717, 1.165) is 0 Å². The molecule has 2 aromatic rings. The van der Waals surface area contributed by atoms with Gasteiger partial charge in [0.1, 0.15) is 18.2 Å². The minimum absolute atomic E-state index is 0.0288. The molecule has 19 heavy (non-hydrogen) atoms. The van der Waals surface area contributed by atoms with Crippen LogP contribution in [-0.2, 0) is 13.2 Å². The molecule has 0 bridgehead atoms. The summed E-state index contributed by atoms with van der Waals surface area (Å²) in [6, 6.07) is 9.15. The maximum Gasteiger partial charge on any atom is 0.129 e. The summed E-state index contributed by atoms with van der Waals surface area (Å²) in [5.41, 5.74) is 0.904. The highest BCUT2D eigenvalue weighted by atomic mass is 35.5. The lowest BCUT2D eigenvalue weighted by molar-refractivity contribution is 0.257. The summed E-state index contributed by atoms with van der Waals surface area (Å²) in [4.78, 5) is 0. The van der Waals surface area contributed by atoms with Crippen LogP contribution in [0.3, 0.4) is 0 Å². The SMILES string of the molecule is OCc1cc(Cl)ccc1OCc1cc(Cl)ccc1F. The lowest BCUT2D eigenvalue weighted by Gasteiger charge is -2.11. The van der Waals surface area contributed by atoms with Crippen LogP contribution < -0.4 is 4.74 Å². The summed E-state index contributed by atoms with van der Waals surface area (Å²) < 4.78 is 19.0. The molecule has 2 rings (SSSR count). The Bertz CT molecular complexity index is 588. The van der Waals surface area contributed by atoms with Gasteiger partial charge in [0.05, 0.1) is 6.61 Å². The van der Waals surface area contributed by atoms with E-state index in [1.165, 1.54) is 18.2 Å². The quantitative estimate of drug-likeness (QED) is 0.917. The van der Waals surface area contributed by atoms with E-state index in [4.69, 9.17) is 27.9 Å². The third-order valence-corrected chi connectivity index (χ3v) is 3.05. The van der Waals surface area contributed by atoms with Crippen molar-refractivity contribution in [2.75, 3.05) is 0 Å². The van der Waals surface area contributed by atoms with E-state index in [0.29, 0.717) is 26.9 Å². The summed E-state index contributed by atoms with van der Waals surface area (Å²) in [6.45, 7) is -0.172. The third-order valence-electron chi connectivity index (χ3n) is 2.58. The zero-order valence-corrected chi connectivity index (χ0v) is 11.4. The van der Waals surface area contributed by atoms with Crippen LogP contribution >= 0.6 is 23.2 Å². The highest BCUT2D eigenvalue weighted by Crippen LogP contribution is 2.24. The first-order chi connectivity index (χ1) is 9.10. The van der Waals surface area contributed by atoms with E-state index in [2.05, 4.69) is 0 Å². The highest BCUT2D eigenvalue weighted by Gasteiger charge is 2.07. The van der Waals surface area contributed by atoms with Crippen LogP contribution in [0.5, 0.6) is 5.75 Å². The van der Waals surface area contributed by atoms with E-state index in [1.54, 1.807) is 18.2 Å². The first kappa shape index (κ1) is 14.1. The average Bonchev–Trinajstić information content (AvgIpc) is 2.40. The topological polar surface area (TPSA) is 29.5 Å². The third kappa shape index (κ3) is 3.60. The van der Waals surface area contributed by atoms with Gasteiger partial charge in [0.15, 0.2) is 0 Å². The number of aliphatic hydroxyl groups is 1. The summed E-state index contributed by atoms with van der Waals surface area (Å²) in [5.74, 6) is 0.0789. The van der Waals surface area contributed by atoms with Crippen LogP contribution in [0.4, 0.5) is 4.39 Å². The second kappa shape index (κ2) is 6.24. The van der Waals surface area contributed by atoms with Crippen molar-refractivity contribution in [2.24, 2.45) is 0 Å². The summed E-state index contributed by atoms with van der Waals surface area (Å²) >= 11 is 11.6. The number of ether oxygens (including phenoxy) is 1. The van der Waals surface area contributed by atoms with E-state index < -0.39 is 0 Å². The Hall–Kier alpha value is -1.29.